The van der Waals surface area contributed by atoms with Crippen LogP contribution in [0.5, 0.6) is 0 Å². The molecule has 0 saturated carbocycles. The van der Waals surface area contributed by atoms with E-state index in [1.807, 2.05) is 6.26 Å². The molecule has 0 saturated heterocycles. The van der Waals surface area contributed by atoms with Gasteiger partial charge in [0.1, 0.15) is 24.7 Å². The number of amides is 6. The highest BCUT2D eigenvalue weighted by molar-refractivity contribution is 7.98. The predicted molar refractivity (Wildman–Crippen MR) is 173 cm³/mol. The van der Waals surface area contributed by atoms with Crippen LogP contribution in [0.15, 0.2) is 0 Å². The molecule has 0 bridgehead atoms. The van der Waals surface area contributed by atoms with Gasteiger partial charge >= 0.3 is 5.97 Å². The summed E-state index contributed by atoms with van der Waals surface area (Å²) in [6.07, 6.45) is 1.83. The highest BCUT2D eigenvalue weighted by atomic mass is 32.2. The van der Waals surface area contributed by atoms with Crippen molar-refractivity contribution in [1.82, 2.24) is 37.2 Å². The topological polar surface area (TPSA) is 376 Å². The standard InChI is InChI=1S/C25H47N13O8S/c1-47-9-6-13(26)20(43)38-16(10-17(27)39)23(46)37-15(5-3-8-33-25(30)31)22(45)36-14(4-2-7-32-24(28)29)21(44)35-11-18(40)34-12-19(41)42/h13-16H,2-12,26H2,1H3,(H2,27,39)(H,34,40)(H,35,44)(H,36,45)(H,37,46)(H,38,43)(H,41,42)(H4,28,29,32)(H4,30,31,33)/t13-,14-,15-,16-/m0/s1. The molecule has 47 heavy (non-hydrogen) atoms. The summed E-state index contributed by atoms with van der Waals surface area (Å²) < 4.78 is 0. The molecule has 21 nitrogen and oxygen atoms in total. The zero-order valence-corrected chi connectivity index (χ0v) is 26.9. The maximum Gasteiger partial charge on any atom is 0.322 e. The van der Waals surface area contributed by atoms with Gasteiger partial charge in [0.2, 0.25) is 35.4 Å². The summed E-state index contributed by atoms with van der Waals surface area (Å²) in [6, 6.07) is -5.07. The first kappa shape index (κ1) is 42.1. The van der Waals surface area contributed by atoms with Gasteiger partial charge in [0.25, 0.3) is 0 Å². The third-order valence-electron chi connectivity index (χ3n) is 6.10. The number of hydrogen-bond acceptors (Lipinski definition) is 11. The average Bonchev–Trinajstić information content (AvgIpc) is 2.99. The summed E-state index contributed by atoms with van der Waals surface area (Å²) in [6.45, 7) is -0.994. The molecule has 0 heterocycles. The Balaban J connectivity index is 5.93. The maximum absolute atomic E-state index is 13.5. The zero-order valence-electron chi connectivity index (χ0n) is 26.1. The van der Waals surface area contributed by atoms with Crippen LogP contribution in [0.3, 0.4) is 0 Å². The molecule has 0 aliphatic rings. The van der Waals surface area contributed by atoms with E-state index in [4.69, 9.17) is 38.9 Å². The van der Waals surface area contributed by atoms with E-state index in [1.165, 1.54) is 11.8 Å². The summed E-state index contributed by atoms with van der Waals surface area (Å²) in [5.74, 6) is -6.42. The number of hydrogen-bond donors (Lipinski definition) is 14. The third-order valence-corrected chi connectivity index (χ3v) is 6.75. The van der Waals surface area contributed by atoms with Crippen LogP contribution >= 0.6 is 11.8 Å². The molecule has 22 heteroatoms. The monoisotopic (exact) mass is 689 g/mol. The van der Waals surface area contributed by atoms with Crippen LogP contribution in [0.2, 0.25) is 0 Å². The smallest absolute Gasteiger partial charge is 0.322 e. The molecule has 0 unspecified atom stereocenters. The Morgan fingerprint density at radius 1 is 0.681 bits per heavy atom. The molecule has 4 atom stereocenters. The lowest BCUT2D eigenvalue weighted by molar-refractivity contribution is -0.138. The predicted octanol–water partition coefficient (Wildman–Crippen LogP) is -5.76. The number of rotatable bonds is 24. The minimum atomic E-state index is -1.48. The van der Waals surface area contributed by atoms with Gasteiger partial charge in [0, 0.05) is 13.1 Å². The van der Waals surface area contributed by atoms with Crippen LogP contribution in [0.1, 0.15) is 38.5 Å². The zero-order chi connectivity index (χ0) is 35.9. The van der Waals surface area contributed by atoms with Crippen molar-refractivity contribution in [2.45, 2.75) is 62.7 Å². The fraction of sp³-hybridized carbons (Fsp3) is 0.640. The van der Waals surface area contributed by atoms with Crippen LogP contribution in [0.25, 0.3) is 0 Å². The second-order valence-electron chi connectivity index (χ2n) is 10.1. The van der Waals surface area contributed by atoms with Crippen molar-refractivity contribution in [2.75, 3.05) is 38.2 Å². The van der Waals surface area contributed by atoms with Crippen LogP contribution in [-0.2, 0) is 33.6 Å². The second-order valence-corrected chi connectivity index (χ2v) is 11.1. The first-order chi connectivity index (χ1) is 22.1. The minimum Gasteiger partial charge on any atom is -0.480 e. The summed E-state index contributed by atoms with van der Waals surface area (Å²) in [5.41, 5.74) is 21.7. The van der Waals surface area contributed by atoms with E-state index in [0.29, 0.717) is 12.2 Å². The van der Waals surface area contributed by atoms with E-state index in [1.54, 1.807) is 0 Å². The van der Waals surface area contributed by atoms with Crippen molar-refractivity contribution >= 4 is 65.1 Å². The van der Waals surface area contributed by atoms with Crippen molar-refractivity contribution in [3.05, 3.63) is 0 Å². The Bertz CT molecular complexity index is 1130. The van der Waals surface area contributed by atoms with Crippen molar-refractivity contribution in [1.29, 1.82) is 10.8 Å². The molecule has 0 aromatic heterocycles. The normalized spacial score (nSPS) is 13.0. The maximum atomic E-state index is 13.5. The molecule has 0 aliphatic heterocycles. The van der Waals surface area contributed by atoms with Gasteiger partial charge in [-0.25, -0.2) is 0 Å². The number of carbonyl (C=O) groups excluding carboxylic acids is 6. The molecular weight excluding hydrogens is 642 g/mol. The van der Waals surface area contributed by atoms with Gasteiger partial charge in [0.05, 0.1) is 19.0 Å². The van der Waals surface area contributed by atoms with Crippen molar-refractivity contribution in [3.8, 4) is 0 Å². The Morgan fingerprint density at radius 2 is 1.17 bits per heavy atom. The summed E-state index contributed by atoms with van der Waals surface area (Å²) >= 11 is 1.46. The molecule has 0 radical (unpaired) electrons. The Hall–Kier alpha value is -4.86. The third kappa shape index (κ3) is 20.7. The van der Waals surface area contributed by atoms with E-state index in [2.05, 4.69) is 37.2 Å². The molecule has 6 amide bonds. The van der Waals surface area contributed by atoms with Gasteiger partial charge in [-0.05, 0) is 44.1 Å². The summed E-state index contributed by atoms with van der Waals surface area (Å²) in [7, 11) is 0. The number of primary amides is 1. The van der Waals surface area contributed by atoms with E-state index in [0.717, 1.165) is 0 Å². The number of guanidine groups is 2. The molecule has 266 valence electrons. The Kier molecular flexibility index (Phi) is 21.0. The molecular formula is C25H47N13O8S. The highest BCUT2D eigenvalue weighted by Crippen LogP contribution is 2.05. The van der Waals surface area contributed by atoms with Gasteiger partial charge < -0.3 is 65.3 Å². The van der Waals surface area contributed by atoms with Gasteiger partial charge in [-0.1, -0.05) is 0 Å². The van der Waals surface area contributed by atoms with Crippen LogP contribution in [0, 0.1) is 10.8 Å². The van der Waals surface area contributed by atoms with Crippen molar-refractivity contribution < 1.29 is 38.7 Å². The highest BCUT2D eigenvalue weighted by Gasteiger charge is 2.31. The van der Waals surface area contributed by atoms with Crippen LogP contribution in [0.4, 0.5) is 0 Å². The molecule has 18 N–H and O–H groups in total. The molecule has 0 aromatic rings. The van der Waals surface area contributed by atoms with Gasteiger partial charge in [-0.2, -0.15) is 11.8 Å². The number of carboxylic acid groups (broad SMARTS) is 1. The van der Waals surface area contributed by atoms with Crippen LogP contribution < -0.4 is 60.2 Å². The molecule has 0 rings (SSSR count). The number of thioether (sulfide) groups is 1. The first-order valence-electron chi connectivity index (χ1n) is 14.4. The van der Waals surface area contributed by atoms with Gasteiger partial charge in [-0.15, -0.1) is 0 Å². The fourth-order valence-electron chi connectivity index (χ4n) is 3.73. The lowest BCUT2D eigenvalue weighted by Crippen LogP contribution is -2.58. The van der Waals surface area contributed by atoms with Crippen molar-refractivity contribution in [3.63, 3.8) is 0 Å². The number of carbonyl (C=O) groups is 7. The first-order valence-corrected chi connectivity index (χ1v) is 15.8. The largest absolute Gasteiger partial charge is 0.480 e. The molecule has 0 fully saturated rings. The number of aliphatic carboxylic acids is 1. The van der Waals surface area contributed by atoms with E-state index < -0.39 is 85.1 Å². The SMILES string of the molecule is CSCC[C@H](N)C(=O)N[C@@H](CC(N)=O)C(=O)N[C@@H](CCCNC(=N)N)C(=O)N[C@@H](CCCNC(=N)N)C(=O)NCC(=O)NCC(=O)O. The van der Waals surface area contributed by atoms with Gasteiger partial charge in [0.15, 0.2) is 11.9 Å². The quantitative estimate of drug-likeness (QED) is 0.0255. The molecule has 0 aliphatic carbocycles. The molecule has 0 spiro atoms. The lowest BCUT2D eigenvalue weighted by atomic mass is 10.1. The molecule has 0 aromatic carbocycles. The van der Waals surface area contributed by atoms with E-state index in [9.17, 15) is 33.6 Å². The number of nitrogens with two attached hydrogens (primary N) is 4. The lowest BCUT2D eigenvalue weighted by Gasteiger charge is -2.26. The second kappa shape index (κ2) is 23.5. The Morgan fingerprint density at radius 3 is 1.64 bits per heavy atom. The summed E-state index contributed by atoms with van der Waals surface area (Å²) in [5, 5.41) is 40.1. The summed E-state index contributed by atoms with van der Waals surface area (Å²) in [4.78, 5) is 86.5. The van der Waals surface area contributed by atoms with E-state index >= 15 is 0 Å². The number of carboxylic acids is 1. The fourth-order valence-corrected chi connectivity index (χ4v) is 4.22. The van der Waals surface area contributed by atoms with E-state index in [-0.39, 0.29) is 50.7 Å². The number of nitrogens with one attached hydrogen (secondary N) is 9. The van der Waals surface area contributed by atoms with Crippen LogP contribution in [-0.4, -0.2) is 121 Å². The average molecular weight is 690 g/mol. The minimum absolute atomic E-state index is 0.0184. The van der Waals surface area contributed by atoms with Gasteiger partial charge in [-0.3, -0.25) is 44.4 Å². The van der Waals surface area contributed by atoms with Crippen molar-refractivity contribution in [2.24, 2.45) is 22.9 Å². The Labute approximate surface area is 275 Å².